The van der Waals surface area contributed by atoms with Crippen LogP contribution >= 0.6 is 0 Å². The Labute approximate surface area is 67.1 Å². The van der Waals surface area contributed by atoms with Gasteiger partial charge in [-0.2, -0.15) is 0 Å². The van der Waals surface area contributed by atoms with Crippen molar-refractivity contribution in [1.29, 1.82) is 0 Å². The predicted molar refractivity (Wildman–Crippen MR) is 42.4 cm³/mol. The largest absolute Gasteiger partial charge is 0.378 e. The number of hydrogen-bond acceptors (Lipinski definition) is 2. The minimum Gasteiger partial charge on any atom is -0.378 e. The molecule has 0 radical (unpaired) electrons. The van der Waals surface area contributed by atoms with Gasteiger partial charge in [0.1, 0.15) is 5.67 Å². The average Bonchev–Trinajstić information content (AvgIpc) is 2.03. The molecule has 0 amide bonds. The lowest BCUT2D eigenvalue weighted by atomic mass is 9.96. The molecule has 1 aliphatic heterocycles. The molecular formula is C8H16FNO. The molecule has 1 saturated heterocycles. The van der Waals surface area contributed by atoms with E-state index in [-0.39, 0.29) is 6.61 Å². The molecule has 1 aliphatic rings. The minimum absolute atomic E-state index is 0.269. The van der Waals surface area contributed by atoms with Gasteiger partial charge in [-0.3, -0.25) is 0 Å². The molecule has 0 atom stereocenters. The van der Waals surface area contributed by atoms with Crippen LogP contribution in [0, 0.1) is 0 Å². The second kappa shape index (κ2) is 4.02. The quantitative estimate of drug-likeness (QED) is 0.669. The van der Waals surface area contributed by atoms with Crippen molar-refractivity contribution in [2.24, 2.45) is 0 Å². The molecule has 0 unspecified atom stereocenters. The lowest BCUT2D eigenvalue weighted by molar-refractivity contribution is 0.000796. The minimum atomic E-state index is -1.05. The Morgan fingerprint density at radius 1 is 1.45 bits per heavy atom. The van der Waals surface area contributed by atoms with E-state index in [0.717, 1.165) is 13.1 Å². The summed E-state index contributed by atoms with van der Waals surface area (Å²) in [5, 5.41) is 3.12. The Morgan fingerprint density at radius 2 is 2.09 bits per heavy atom. The summed E-state index contributed by atoms with van der Waals surface area (Å²) in [6.45, 7) is 4.34. The normalized spacial score (nSPS) is 23.5. The van der Waals surface area contributed by atoms with Crippen molar-refractivity contribution in [2.45, 2.75) is 25.4 Å². The third kappa shape index (κ3) is 2.75. The maximum absolute atomic E-state index is 13.6. The van der Waals surface area contributed by atoms with Gasteiger partial charge in [-0.05, 0) is 32.9 Å². The highest BCUT2D eigenvalue weighted by Crippen LogP contribution is 2.23. The van der Waals surface area contributed by atoms with Gasteiger partial charge in [0.15, 0.2) is 0 Å². The monoisotopic (exact) mass is 161 g/mol. The van der Waals surface area contributed by atoms with Crippen LogP contribution in [0.15, 0.2) is 0 Å². The van der Waals surface area contributed by atoms with Crippen LogP contribution in [-0.4, -0.2) is 32.0 Å². The lowest BCUT2D eigenvalue weighted by Gasteiger charge is -2.29. The van der Waals surface area contributed by atoms with Crippen LogP contribution in [0.25, 0.3) is 0 Å². The van der Waals surface area contributed by atoms with E-state index < -0.39 is 5.67 Å². The molecule has 0 saturated carbocycles. The van der Waals surface area contributed by atoms with E-state index in [4.69, 9.17) is 4.74 Å². The average molecular weight is 161 g/mol. The topological polar surface area (TPSA) is 21.3 Å². The summed E-state index contributed by atoms with van der Waals surface area (Å²) in [6.07, 6.45) is 1.18. The first-order valence-corrected chi connectivity index (χ1v) is 4.24. The Morgan fingerprint density at radius 3 is 2.64 bits per heavy atom. The molecule has 3 heteroatoms. The van der Waals surface area contributed by atoms with E-state index in [1.165, 1.54) is 0 Å². The summed E-state index contributed by atoms with van der Waals surface area (Å²) in [5.74, 6) is 0. The summed E-state index contributed by atoms with van der Waals surface area (Å²) in [4.78, 5) is 0. The summed E-state index contributed by atoms with van der Waals surface area (Å²) >= 11 is 0. The zero-order valence-electron chi connectivity index (χ0n) is 7.03. The smallest absolute Gasteiger partial charge is 0.136 e. The SMILES string of the molecule is CCOCC1(F)CCNCC1. The van der Waals surface area contributed by atoms with Crippen molar-refractivity contribution in [2.75, 3.05) is 26.3 Å². The van der Waals surface area contributed by atoms with Crippen molar-refractivity contribution in [3.63, 3.8) is 0 Å². The number of ether oxygens (including phenoxy) is 1. The van der Waals surface area contributed by atoms with Crippen LogP contribution in [0.1, 0.15) is 19.8 Å². The van der Waals surface area contributed by atoms with Gasteiger partial charge in [0.05, 0.1) is 6.61 Å². The van der Waals surface area contributed by atoms with Crippen molar-refractivity contribution in [1.82, 2.24) is 5.32 Å². The summed E-state index contributed by atoms with van der Waals surface area (Å²) in [6, 6.07) is 0. The Hall–Kier alpha value is -0.150. The zero-order chi connectivity index (χ0) is 8.16. The summed E-state index contributed by atoms with van der Waals surface area (Å²) in [7, 11) is 0. The number of nitrogens with one attached hydrogen (secondary N) is 1. The molecule has 0 spiro atoms. The maximum Gasteiger partial charge on any atom is 0.136 e. The van der Waals surface area contributed by atoms with Crippen LogP contribution in [0.3, 0.4) is 0 Å². The van der Waals surface area contributed by atoms with Gasteiger partial charge in [0, 0.05) is 6.61 Å². The van der Waals surface area contributed by atoms with E-state index in [1.807, 2.05) is 6.92 Å². The Balaban J connectivity index is 2.25. The molecule has 0 aromatic rings. The standard InChI is InChI=1S/C8H16FNO/c1-2-11-7-8(9)3-5-10-6-4-8/h10H,2-7H2,1H3. The molecule has 1 rings (SSSR count). The fraction of sp³-hybridized carbons (Fsp3) is 1.00. The second-order valence-electron chi connectivity index (χ2n) is 3.04. The van der Waals surface area contributed by atoms with E-state index in [2.05, 4.69) is 5.32 Å². The molecule has 0 aromatic heterocycles. The Kier molecular flexibility index (Phi) is 3.27. The van der Waals surface area contributed by atoms with Crippen molar-refractivity contribution >= 4 is 0 Å². The fourth-order valence-corrected chi connectivity index (χ4v) is 1.30. The first kappa shape index (κ1) is 8.94. The highest BCUT2D eigenvalue weighted by molar-refractivity contribution is 4.84. The summed E-state index contributed by atoms with van der Waals surface area (Å²) in [5.41, 5.74) is -1.05. The third-order valence-corrected chi connectivity index (χ3v) is 2.06. The third-order valence-electron chi connectivity index (χ3n) is 2.06. The van der Waals surface area contributed by atoms with Crippen LogP contribution in [-0.2, 0) is 4.74 Å². The molecule has 1 fully saturated rings. The molecule has 1 heterocycles. The molecule has 2 nitrogen and oxygen atoms in total. The van der Waals surface area contributed by atoms with Crippen LogP contribution in [0.5, 0.6) is 0 Å². The zero-order valence-corrected chi connectivity index (χ0v) is 7.03. The van der Waals surface area contributed by atoms with Gasteiger partial charge in [-0.15, -0.1) is 0 Å². The molecule has 11 heavy (non-hydrogen) atoms. The van der Waals surface area contributed by atoms with E-state index in [1.54, 1.807) is 0 Å². The molecule has 66 valence electrons. The van der Waals surface area contributed by atoms with Crippen LogP contribution in [0.4, 0.5) is 4.39 Å². The van der Waals surface area contributed by atoms with Crippen molar-refractivity contribution in [3.8, 4) is 0 Å². The number of alkyl halides is 1. The predicted octanol–water partition coefficient (Wildman–Crippen LogP) is 1.11. The van der Waals surface area contributed by atoms with Gasteiger partial charge in [-0.25, -0.2) is 4.39 Å². The van der Waals surface area contributed by atoms with E-state index in [9.17, 15) is 4.39 Å². The first-order chi connectivity index (χ1) is 5.27. The molecule has 0 aliphatic carbocycles. The number of piperidine rings is 1. The van der Waals surface area contributed by atoms with E-state index >= 15 is 0 Å². The van der Waals surface area contributed by atoms with Crippen LogP contribution in [0.2, 0.25) is 0 Å². The van der Waals surface area contributed by atoms with Gasteiger partial charge < -0.3 is 10.1 Å². The number of hydrogen-bond donors (Lipinski definition) is 1. The van der Waals surface area contributed by atoms with E-state index in [0.29, 0.717) is 19.4 Å². The van der Waals surface area contributed by atoms with Crippen molar-refractivity contribution in [3.05, 3.63) is 0 Å². The highest BCUT2D eigenvalue weighted by atomic mass is 19.1. The second-order valence-corrected chi connectivity index (χ2v) is 3.04. The number of halogens is 1. The molecular weight excluding hydrogens is 145 g/mol. The molecule has 1 N–H and O–H groups in total. The fourth-order valence-electron chi connectivity index (χ4n) is 1.30. The Bertz CT molecular complexity index is 113. The lowest BCUT2D eigenvalue weighted by Crippen LogP contribution is -2.41. The van der Waals surface area contributed by atoms with Crippen LogP contribution < -0.4 is 5.32 Å². The van der Waals surface area contributed by atoms with Gasteiger partial charge in [0.2, 0.25) is 0 Å². The summed E-state index contributed by atoms with van der Waals surface area (Å²) < 4.78 is 18.7. The van der Waals surface area contributed by atoms with Crippen molar-refractivity contribution < 1.29 is 9.13 Å². The number of rotatable bonds is 3. The first-order valence-electron chi connectivity index (χ1n) is 4.24. The maximum atomic E-state index is 13.6. The van der Waals surface area contributed by atoms with Gasteiger partial charge >= 0.3 is 0 Å². The highest BCUT2D eigenvalue weighted by Gasteiger charge is 2.31. The molecule has 0 aromatic carbocycles. The van der Waals surface area contributed by atoms with Gasteiger partial charge in [0.25, 0.3) is 0 Å². The van der Waals surface area contributed by atoms with Gasteiger partial charge in [-0.1, -0.05) is 0 Å². The molecule has 0 bridgehead atoms.